The minimum absolute atomic E-state index is 0.0496. The Labute approximate surface area is 270 Å². The molecule has 0 aromatic heterocycles. The van der Waals surface area contributed by atoms with Crippen LogP contribution in [0.15, 0.2) is 65.6 Å². The summed E-state index contributed by atoms with van der Waals surface area (Å²) in [5.74, 6) is -0.158. The van der Waals surface area contributed by atoms with Crippen LogP contribution in [0.5, 0.6) is 17.2 Å². The largest absolute Gasteiger partial charge is 0.495 e. The molecule has 0 radical (unpaired) electrons. The van der Waals surface area contributed by atoms with Crippen molar-refractivity contribution in [2.45, 2.75) is 63.1 Å². The third kappa shape index (κ3) is 8.01. The van der Waals surface area contributed by atoms with Crippen LogP contribution in [0.3, 0.4) is 0 Å². The number of halogens is 1. The number of rotatable bonds is 13. The third-order valence-electron chi connectivity index (χ3n) is 7.94. The van der Waals surface area contributed by atoms with E-state index in [1.54, 1.807) is 13.0 Å². The number of hydrogen-bond donors (Lipinski definition) is 1. The summed E-state index contributed by atoms with van der Waals surface area (Å²) < 4.78 is 45.8. The first-order valence-corrected chi connectivity index (χ1v) is 16.5. The molecule has 1 aliphatic carbocycles. The predicted molar refractivity (Wildman–Crippen MR) is 174 cm³/mol. The van der Waals surface area contributed by atoms with E-state index in [0.717, 1.165) is 41.1 Å². The first-order valence-electron chi connectivity index (χ1n) is 14.7. The lowest BCUT2D eigenvalue weighted by atomic mass is 10.1. The molecule has 0 aliphatic heterocycles. The molecule has 1 saturated carbocycles. The molecule has 1 atom stereocenters. The number of carbonyl (C=O) groups excluding carboxylic acids is 2. The Kier molecular flexibility index (Phi) is 11.2. The minimum Gasteiger partial charge on any atom is -0.495 e. The van der Waals surface area contributed by atoms with Gasteiger partial charge in [-0.25, -0.2) is 8.42 Å². The summed E-state index contributed by atoms with van der Waals surface area (Å²) in [4.78, 5) is 29.0. The Morgan fingerprint density at radius 3 is 2.24 bits per heavy atom. The van der Waals surface area contributed by atoms with Crippen LogP contribution in [0.4, 0.5) is 5.69 Å². The highest BCUT2D eigenvalue weighted by molar-refractivity contribution is 7.92. The molecular weight excluding hydrogens is 618 g/mol. The van der Waals surface area contributed by atoms with E-state index in [9.17, 15) is 18.0 Å². The maximum absolute atomic E-state index is 14.4. The van der Waals surface area contributed by atoms with Gasteiger partial charge in [-0.05, 0) is 62.6 Å². The van der Waals surface area contributed by atoms with Crippen molar-refractivity contribution >= 4 is 39.1 Å². The van der Waals surface area contributed by atoms with Crippen LogP contribution in [-0.2, 0) is 26.2 Å². The maximum Gasteiger partial charge on any atom is 0.265 e. The van der Waals surface area contributed by atoms with Crippen molar-refractivity contribution in [2.24, 2.45) is 0 Å². The molecule has 3 aromatic rings. The molecule has 4 rings (SSSR count). The average Bonchev–Trinajstić information content (AvgIpc) is 3.54. The number of carbonyl (C=O) groups is 2. The molecule has 242 valence electrons. The number of amides is 2. The number of benzene rings is 3. The Morgan fingerprint density at radius 1 is 0.933 bits per heavy atom. The molecule has 1 N–H and O–H groups in total. The number of nitrogens with zero attached hydrogens (tertiary/aromatic N) is 2. The predicted octanol–water partition coefficient (Wildman–Crippen LogP) is 5.35. The second-order valence-corrected chi connectivity index (χ2v) is 13.3. The van der Waals surface area contributed by atoms with Gasteiger partial charge in [-0.1, -0.05) is 54.3 Å². The second kappa shape index (κ2) is 14.9. The maximum atomic E-state index is 14.4. The third-order valence-corrected chi connectivity index (χ3v) is 9.93. The van der Waals surface area contributed by atoms with E-state index in [0.29, 0.717) is 5.75 Å². The van der Waals surface area contributed by atoms with E-state index in [1.165, 1.54) is 56.6 Å². The lowest BCUT2D eigenvalue weighted by molar-refractivity contribution is -0.139. The molecule has 3 aromatic carbocycles. The summed E-state index contributed by atoms with van der Waals surface area (Å²) >= 11 is 6.33. The quantitative estimate of drug-likeness (QED) is 0.264. The van der Waals surface area contributed by atoms with Crippen LogP contribution in [0.2, 0.25) is 5.02 Å². The van der Waals surface area contributed by atoms with Gasteiger partial charge < -0.3 is 24.4 Å². The van der Waals surface area contributed by atoms with Crippen molar-refractivity contribution in [2.75, 3.05) is 32.2 Å². The van der Waals surface area contributed by atoms with E-state index >= 15 is 0 Å². The molecular formula is C33H40ClN3O7S. The summed E-state index contributed by atoms with van der Waals surface area (Å²) in [7, 11) is -0.180. The number of anilines is 1. The minimum atomic E-state index is -4.42. The van der Waals surface area contributed by atoms with Gasteiger partial charge in [0.15, 0.2) is 11.5 Å². The van der Waals surface area contributed by atoms with Crippen molar-refractivity contribution in [3.8, 4) is 17.2 Å². The van der Waals surface area contributed by atoms with E-state index in [-0.39, 0.29) is 45.6 Å². The van der Waals surface area contributed by atoms with Crippen molar-refractivity contribution in [3.05, 3.63) is 76.8 Å². The number of hydrogen-bond acceptors (Lipinski definition) is 7. The molecule has 10 nitrogen and oxygen atoms in total. The van der Waals surface area contributed by atoms with E-state index in [4.69, 9.17) is 25.8 Å². The zero-order valence-corrected chi connectivity index (χ0v) is 27.8. The molecule has 0 spiro atoms. The van der Waals surface area contributed by atoms with Gasteiger partial charge in [0.1, 0.15) is 18.3 Å². The van der Waals surface area contributed by atoms with Crippen LogP contribution >= 0.6 is 11.6 Å². The molecule has 0 saturated heterocycles. The smallest absolute Gasteiger partial charge is 0.265 e. The van der Waals surface area contributed by atoms with Crippen LogP contribution in [-0.4, -0.2) is 65.1 Å². The van der Waals surface area contributed by atoms with Crippen molar-refractivity contribution in [1.82, 2.24) is 10.2 Å². The summed E-state index contributed by atoms with van der Waals surface area (Å²) in [5, 5.41) is 3.32. The Morgan fingerprint density at radius 2 is 1.60 bits per heavy atom. The Bertz CT molecular complexity index is 1630. The van der Waals surface area contributed by atoms with Gasteiger partial charge in [0.05, 0.1) is 31.9 Å². The first-order chi connectivity index (χ1) is 21.5. The van der Waals surface area contributed by atoms with Gasteiger partial charge in [-0.3, -0.25) is 13.9 Å². The van der Waals surface area contributed by atoms with Crippen LogP contribution < -0.4 is 23.8 Å². The number of aryl methyl sites for hydroxylation is 1. The van der Waals surface area contributed by atoms with Crippen LogP contribution in [0, 0.1) is 6.92 Å². The van der Waals surface area contributed by atoms with E-state index in [2.05, 4.69) is 5.32 Å². The fourth-order valence-electron chi connectivity index (χ4n) is 5.46. The highest BCUT2D eigenvalue weighted by atomic mass is 35.5. The van der Waals surface area contributed by atoms with Crippen LogP contribution in [0.1, 0.15) is 43.7 Å². The molecule has 1 fully saturated rings. The zero-order valence-electron chi connectivity index (χ0n) is 26.2. The summed E-state index contributed by atoms with van der Waals surface area (Å²) in [6, 6.07) is 15.5. The summed E-state index contributed by atoms with van der Waals surface area (Å²) in [6.45, 7) is 3.05. The standard InChI is InChI=1S/C33H40ClN3O7S/c1-22-9-8-10-24(17-22)20-36(23(2)33(39)35-26-11-6-7-12-26)32(38)21-37(28-18-25(34)13-15-29(28)42-3)45(40,41)27-14-16-30(43-4)31(19-27)44-5/h8-10,13-19,23,26H,6-7,11-12,20-21H2,1-5H3,(H,35,39)/t23-/m1/s1. The molecule has 0 bridgehead atoms. The molecule has 2 amide bonds. The zero-order chi connectivity index (χ0) is 32.7. The lowest BCUT2D eigenvalue weighted by Crippen LogP contribution is -2.52. The highest BCUT2D eigenvalue weighted by Gasteiger charge is 2.35. The molecule has 1 aliphatic rings. The molecule has 45 heavy (non-hydrogen) atoms. The SMILES string of the molecule is COc1ccc(S(=O)(=O)N(CC(=O)N(Cc2cccc(C)c2)[C@H](C)C(=O)NC2CCCC2)c2cc(Cl)ccc2OC)cc1OC. The fraction of sp³-hybridized carbons (Fsp3) is 0.394. The number of sulfonamides is 1. The van der Waals surface area contributed by atoms with Crippen LogP contribution in [0.25, 0.3) is 0 Å². The Balaban J connectivity index is 1.78. The lowest BCUT2D eigenvalue weighted by Gasteiger charge is -2.33. The van der Waals surface area contributed by atoms with Crippen molar-refractivity contribution in [1.29, 1.82) is 0 Å². The van der Waals surface area contributed by atoms with Gasteiger partial charge in [0.25, 0.3) is 10.0 Å². The normalized spacial score (nSPS) is 14.0. The van der Waals surface area contributed by atoms with E-state index < -0.39 is 28.5 Å². The van der Waals surface area contributed by atoms with Gasteiger partial charge in [-0.15, -0.1) is 0 Å². The van der Waals surface area contributed by atoms with Gasteiger partial charge in [-0.2, -0.15) is 0 Å². The summed E-state index contributed by atoms with van der Waals surface area (Å²) in [6.07, 6.45) is 3.85. The van der Waals surface area contributed by atoms with Crippen molar-refractivity contribution in [3.63, 3.8) is 0 Å². The summed E-state index contributed by atoms with van der Waals surface area (Å²) in [5.41, 5.74) is 1.86. The first kappa shape index (κ1) is 33.9. The Hall–Kier alpha value is -3.96. The van der Waals surface area contributed by atoms with Crippen molar-refractivity contribution < 1.29 is 32.2 Å². The monoisotopic (exact) mass is 657 g/mol. The van der Waals surface area contributed by atoms with Gasteiger partial charge >= 0.3 is 0 Å². The van der Waals surface area contributed by atoms with Gasteiger partial charge in [0, 0.05) is 23.7 Å². The fourth-order valence-corrected chi connectivity index (χ4v) is 7.06. The number of methoxy groups -OCH3 is 3. The average molecular weight is 658 g/mol. The molecule has 0 unspecified atom stereocenters. The highest BCUT2D eigenvalue weighted by Crippen LogP contribution is 2.37. The second-order valence-electron chi connectivity index (χ2n) is 11.0. The van der Waals surface area contributed by atoms with Gasteiger partial charge in [0.2, 0.25) is 11.8 Å². The number of nitrogens with one attached hydrogen (secondary N) is 1. The molecule has 12 heteroatoms. The molecule has 0 heterocycles. The number of ether oxygens (including phenoxy) is 3. The topological polar surface area (TPSA) is 114 Å². The van der Waals surface area contributed by atoms with E-state index in [1.807, 2.05) is 31.2 Å².